The van der Waals surface area contributed by atoms with E-state index in [-0.39, 0.29) is 5.97 Å². The fourth-order valence-corrected chi connectivity index (χ4v) is 4.34. The molecule has 0 bridgehead atoms. The van der Waals surface area contributed by atoms with Crippen LogP contribution >= 0.6 is 11.3 Å². The monoisotopic (exact) mass is 373 g/mol. The Balaban J connectivity index is 1.58. The van der Waals surface area contributed by atoms with Crippen LogP contribution in [0, 0.1) is 5.92 Å². The van der Waals surface area contributed by atoms with Gasteiger partial charge in [-0.1, -0.05) is 6.42 Å². The highest BCUT2D eigenvalue weighted by molar-refractivity contribution is 7.15. The summed E-state index contributed by atoms with van der Waals surface area (Å²) >= 11 is 1.71. The van der Waals surface area contributed by atoms with Gasteiger partial charge >= 0.3 is 5.97 Å². The second kappa shape index (κ2) is 7.76. The van der Waals surface area contributed by atoms with Gasteiger partial charge in [0.2, 0.25) is 0 Å². The van der Waals surface area contributed by atoms with Crippen molar-refractivity contribution in [2.75, 3.05) is 26.9 Å². The average Bonchev–Trinajstić information content (AvgIpc) is 3.29. The largest absolute Gasteiger partial charge is 0.493 e. The summed E-state index contributed by atoms with van der Waals surface area (Å²) in [6.45, 7) is 2.13. The van der Waals surface area contributed by atoms with Crippen LogP contribution in [-0.4, -0.2) is 37.9 Å². The third kappa shape index (κ3) is 3.76. The van der Waals surface area contributed by atoms with Crippen molar-refractivity contribution in [2.45, 2.75) is 31.6 Å². The molecule has 6 heteroatoms. The number of nitrogens with zero attached hydrogens (tertiary/aromatic N) is 1. The van der Waals surface area contributed by atoms with Crippen LogP contribution in [0.25, 0.3) is 10.6 Å². The van der Waals surface area contributed by atoms with Crippen molar-refractivity contribution in [3.05, 3.63) is 34.8 Å². The van der Waals surface area contributed by atoms with Gasteiger partial charge in [0, 0.05) is 29.2 Å². The maximum absolute atomic E-state index is 12.1. The fraction of sp³-hybridized carbons (Fsp3) is 0.500. The molecule has 1 aliphatic heterocycles. The van der Waals surface area contributed by atoms with Gasteiger partial charge in [0.15, 0.2) is 0 Å². The summed E-state index contributed by atoms with van der Waals surface area (Å²) in [5.41, 5.74) is 1.39. The van der Waals surface area contributed by atoms with Crippen LogP contribution in [-0.2, 0) is 9.47 Å². The van der Waals surface area contributed by atoms with Crippen LogP contribution in [0.15, 0.2) is 24.4 Å². The van der Waals surface area contributed by atoms with Gasteiger partial charge in [-0.3, -0.25) is 0 Å². The number of hydrogen-bond acceptors (Lipinski definition) is 6. The molecule has 1 aromatic carbocycles. The normalized spacial score (nSPS) is 20.0. The second-order valence-electron chi connectivity index (χ2n) is 6.97. The van der Waals surface area contributed by atoms with Gasteiger partial charge in [-0.15, -0.1) is 11.3 Å². The van der Waals surface area contributed by atoms with E-state index in [1.165, 1.54) is 31.2 Å². The van der Waals surface area contributed by atoms with Gasteiger partial charge in [0.1, 0.15) is 10.8 Å². The number of benzene rings is 1. The molecule has 2 heterocycles. The summed E-state index contributed by atoms with van der Waals surface area (Å²) < 4.78 is 16.3. The van der Waals surface area contributed by atoms with E-state index in [0.29, 0.717) is 29.8 Å². The quantitative estimate of drug-likeness (QED) is 0.708. The highest BCUT2D eigenvalue weighted by Gasteiger charge is 2.23. The number of thiazole rings is 1. The standard InChI is InChI=1S/C20H23NO4S/c1-23-20(22)16-7-15(19-21-10-18(26-19)14-3-2-4-14)8-17(9-16)25-12-13-5-6-24-11-13/h7-10,13-14H,2-6,11-12H2,1H3. The lowest BCUT2D eigenvalue weighted by molar-refractivity contribution is 0.0600. The molecular weight excluding hydrogens is 350 g/mol. The van der Waals surface area contributed by atoms with Gasteiger partial charge in [-0.25, -0.2) is 9.78 Å². The first-order valence-corrected chi connectivity index (χ1v) is 9.94. The van der Waals surface area contributed by atoms with Crippen molar-refractivity contribution in [3.8, 4) is 16.3 Å². The number of esters is 1. The van der Waals surface area contributed by atoms with Crippen molar-refractivity contribution < 1.29 is 19.0 Å². The van der Waals surface area contributed by atoms with E-state index in [0.717, 1.165) is 30.2 Å². The third-order valence-electron chi connectivity index (χ3n) is 5.12. The Morgan fingerprint density at radius 2 is 2.19 bits per heavy atom. The van der Waals surface area contributed by atoms with E-state index in [4.69, 9.17) is 14.2 Å². The molecule has 0 N–H and O–H groups in total. The van der Waals surface area contributed by atoms with Crippen LogP contribution in [0.4, 0.5) is 0 Å². The molecule has 0 spiro atoms. The highest BCUT2D eigenvalue weighted by Crippen LogP contribution is 2.41. The summed E-state index contributed by atoms with van der Waals surface area (Å²) in [4.78, 5) is 18.0. The fourth-order valence-electron chi connectivity index (χ4n) is 3.27. The van der Waals surface area contributed by atoms with E-state index in [9.17, 15) is 4.79 Å². The molecule has 5 nitrogen and oxygen atoms in total. The molecule has 4 rings (SSSR count). The molecule has 2 fully saturated rings. The maximum Gasteiger partial charge on any atom is 0.338 e. The number of aromatic nitrogens is 1. The van der Waals surface area contributed by atoms with Crippen LogP contribution in [0.2, 0.25) is 0 Å². The Bertz CT molecular complexity index is 778. The van der Waals surface area contributed by atoms with E-state index in [1.54, 1.807) is 17.4 Å². The second-order valence-corrected chi connectivity index (χ2v) is 8.04. The first kappa shape index (κ1) is 17.5. The van der Waals surface area contributed by atoms with Crippen molar-refractivity contribution in [1.29, 1.82) is 0 Å². The average molecular weight is 373 g/mol. The molecule has 1 saturated carbocycles. The van der Waals surface area contributed by atoms with Gasteiger partial charge in [0.05, 0.1) is 25.9 Å². The summed E-state index contributed by atoms with van der Waals surface area (Å²) in [5.74, 6) is 1.38. The Kier molecular flexibility index (Phi) is 5.22. The molecule has 1 saturated heterocycles. The van der Waals surface area contributed by atoms with E-state index in [2.05, 4.69) is 4.98 Å². The van der Waals surface area contributed by atoms with Gasteiger partial charge in [-0.05, 0) is 43.4 Å². The van der Waals surface area contributed by atoms with Gasteiger partial charge in [0.25, 0.3) is 0 Å². The molecule has 1 unspecified atom stereocenters. The summed E-state index contributed by atoms with van der Waals surface area (Å²) in [6.07, 6.45) is 6.80. The predicted molar refractivity (Wildman–Crippen MR) is 99.9 cm³/mol. The maximum atomic E-state index is 12.1. The lowest BCUT2D eigenvalue weighted by atomic mass is 9.85. The number of methoxy groups -OCH3 is 1. The molecule has 2 aromatic rings. The zero-order valence-corrected chi connectivity index (χ0v) is 15.7. The Labute approximate surface area is 157 Å². The lowest BCUT2D eigenvalue weighted by Gasteiger charge is -2.23. The smallest absolute Gasteiger partial charge is 0.338 e. The minimum atomic E-state index is -0.364. The molecule has 26 heavy (non-hydrogen) atoms. The minimum Gasteiger partial charge on any atom is -0.493 e. The Morgan fingerprint density at radius 3 is 2.88 bits per heavy atom. The van der Waals surface area contributed by atoms with Crippen LogP contribution in [0.3, 0.4) is 0 Å². The first-order chi connectivity index (χ1) is 12.7. The third-order valence-corrected chi connectivity index (χ3v) is 6.32. The number of carbonyl (C=O) groups excluding carboxylic acids is 1. The van der Waals surface area contributed by atoms with Gasteiger partial charge < -0.3 is 14.2 Å². The molecule has 0 amide bonds. The van der Waals surface area contributed by atoms with Crippen LogP contribution in [0.5, 0.6) is 5.75 Å². The zero-order chi connectivity index (χ0) is 17.9. The highest BCUT2D eigenvalue weighted by atomic mass is 32.1. The number of ether oxygens (including phenoxy) is 3. The first-order valence-electron chi connectivity index (χ1n) is 9.13. The Morgan fingerprint density at radius 1 is 1.31 bits per heavy atom. The SMILES string of the molecule is COC(=O)c1cc(OCC2CCOC2)cc(-c2ncc(C3CCC3)s2)c1. The number of hydrogen-bond donors (Lipinski definition) is 0. The van der Waals surface area contributed by atoms with E-state index in [1.807, 2.05) is 18.3 Å². The summed E-state index contributed by atoms with van der Waals surface area (Å²) in [6, 6.07) is 5.54. The molecule has 1 aliphatic carbocycles. The van der Waals surface area contributed by atoms with Crippen LogP contribution < -0.4 is 4.74 Å². The lowest BCUT2D eigenvalue weighted by Crippen LogP contribution is -2.12. The minimum absolute atomic E-state index is 0.364. The van der Waals surface area contributed by atoms with E-state index < -0.39 is 0 Å². The molecule has 1 atom stereocenters. The summed E-state index contributed by atoms with van der Waals surface area (Å²) in [5, 5.41) is 0.923. The molecule has 0 radical (unpaired) electrons. The summed E-state index contributed by atoms with van der Waals surface area (Å²) in [7, 11) is 1.39. The zero-order valence-electron chi connectivity index (χ0n) is 14.9. The molecule has 1 aromatic heterocycles. The van der Waals surface area contributed by atoms with Gasteiger partial charge in [-0.2, -0.15) is 0 Å². The molecular formula is C20H23NO4S. The molecule has 138 valence electrons. The Hall–Kier alpha value is -1.92. The van der Waals surface area contributed by atoms with Crippen molar-refractivity contribution in [1.82, 2.24) is 4.98 Å². The van der Waals surface area contributed by atoms with Crippen molar-refractivity contribution in [3.63, 3.8) is 0 Å². The number of carbonyl (C=O) groups is 1. The van der Waals surface area contributed by atoms with E-state index >= 15 is 0 Å². The topological polar surface area (TPSA) is 57.7 Å². The molecule has 2 aliphatic rings. The van der Waals surface area contributed by atoms with Crippen molar-refractivity contribution in [2.24, 2.45) is 5.92 Å². The van der Waals surface area contributed by atoms with Crippen LogP contribution in [0.1, 0.15) is 46.8 Å². The van der Waals surface area contributed by atoms with Crippen molar-refractivity contribution >= 4 is 17.3 Å². The predicted octanol–water partition coefficient (Wildman–Crippen LogP) is 4.28. The number of rotatable bonds is 6.